The maximum atomic E-state index is 12.3. The Morgan fingerprint density at radius 1 is 1.00 bits per heavy atom. The number of rotatable bonds is 9. The third kappa shape index (κ3) is 7.23. The standard InChI is InChI=1S/C22H29N3O2/c1-17(9-10-18-7-5-4-6-8-18)24-21(26)16-25(3)15-19-11-13-20(14-12-19)22(27)23-2/h4-8,11-14,17H,9-10,15-16H2,1-3H3,(H,23,27)(H,24,26)/p+1/t17-/m1/s1. The second-order valence-corrected chi connectivity index (χ2v) is 7.08. The highest BCUT2D eigenvalue weighted by Gasteiger charge is 2.13. The summed E-state index contributed by atoms with van der Waals surface area (Å²) in [6.07, 6.45) is 1.89. The van der Waals surface area contributed by atoms with Crippen LogP contribution < -0.4 is 15.5 Å². The van der Waals surface area contributed by atoms with E-state index in [-0.39, 0.29) is 17.9 Å². The van der Waals surface area contributed by atoms with Crippen LogP contribution >= 0.6 is 0 Å². The fourth-order valence-electron chi connectivity index (χ4n) is 3.03. The van der Waals surface area contributed by atoms with Crippen LogP contribution in [0.1, 0.15) is 34.8 Å². The molecule has 0 bridgehead atoms. The average Bonchev–Trinajstić information content (AvgIpc) is 2.67. The van der Waals surface area contributed by atoms with Crippen LogP contribution in [0.15, 0.2) is 54.6 Å². The molecule has 2 atom stereocenters. The molecule has 2 rings (SSSR count). The summed E-state index contributed by atoms with van der Waals surface area (Å²) < 4.78 is 0. The van der Waals surface area contributed by atoms with Gasteiger partial charge in [-0.15, -0.1) is 0 Å². The summed E-state index contributed by atoms with van der Waals surface area (Å²) in [5.41, 5.74) is 3.04. The van der Waals surface area contributed by atoms with E-state index < -0.39 is 0 Å². The lowest BCUT2D eigenvalue weighted by atomic mass is 10.1. The number of hydrogen-bond acceptors (Lipinski definition) is 2. The number of carbonyl (C=O) groups excluding carboxylic acids is 2. The monoisotopic (exact) mass is 368 g/mol. The lowest BCUT2D eigenvalue weighted by Gasteiger charge is -2.17. The van der Waals surface area contributed by atoms with Crippen molar-refractivity contribution in [1.82, 2.24) is 10.6 Å². The van der Waals surface area contributed by atoms with Crippen LogP contribution in [0, 0.1) is 0 Å². The summed E-state index contributed by atoms with van der Waals surface area (Å²) >= 11 is 0. The van der Waals surface area contributed by atoms with Gasteiger partial charge in [-0.2, -0.15) is 0 Å². The number of aryl methyl sites for hydroxylation is 1. The summed E-state index contributed by atoms with van der Waals surface area (Å²) in [5.74, 6) is -0.0267. The molecule has 0 aliphatic heterocycles. The maximum absolute atomic E-state index is 12.3. The fourth-order valence-corrected chi connectivity index (χ4v) is 3.03. The predicted molar refractivity (Wildman–Crippen MR) is 108 cm³/mol. The van der Waals surface area contributed by atoms with Gasteiger partial charge in [0.25, 0.3) is 11.8 Å². The number of likely N-dealkylation sites (N-methyl/N-ethyl adjacent to an activating group) is 1. The molecule has 5 nitrogen and oxygen atoms in total. The molecule has 2 amide bonds. The molecule has 2 aromatic carbocycles. The van der Waals surface area contributed by atoms with Crippen molar-refractivity contribution in [3.05, 3.63) is 71.3 Å². The lowest BCUT2D eigenvalue weighted by molar-refractivity contribution is -0.885. The van der Waals surface area contributed by atoms with Crippen molar-refractivity contribution in [2.24, 2.45) is 0 Å². The van der Waals surface area contributed by atoms with Gasteiger partial charge in [-0.3, -0.25) is 9.59 Å². The number of amides is 2. The zero-order valence-electron chi connectivity index (χ0n) is 16.4. The molecular formula is C22H30N3O2+. The van der Waals surface area contributed by atoms with Gasteiger partial charge in [-0.05, 0) is 37.5 Å². The van der Waals surface area contributed by atoms with E-state index in [1.807, 2.05) is 56.4 Å². The molecule has 0 saturated heterocycles. The fraction of sp³-hybridized carbons (Fsp3) is 0.364. The smallest absolute Gasteiger partial charge is 0.275 e. The van der Waals surface area contributed by atoms with E-state index in [4.69, 9.17) is 0 Å². The largest absolute Gasteiger partial charge is 0.355 e. The van der Waals surface area contributed by atoms with Crippen LogP contribution in [0.25, 0.3) is 0 Å². The first-order chi connectivity index (χ1) is 13.0. The van der Waals surface area contributed by atoms with Gasteiger partial charge in [-0.25, -0.2) is 0 Å². The molecular weight excluding hydrogens is 338 g/mol. The van der Waals surface area contributed by atoms with Gasteiger partial charge in [0.15, 0.2) is 6.54 Å². The molecule has 0 saturated carbocycles. The average molecular weight is 369 g/mol. The first-order valence-electron chi connectivity index (χ1n) is 9.43. The Morgan fingerprint density at radius 3 is 2.30 bits per heavy atom. The Bertz CT molecular complexity index is 729. The van der Waals surface area contributed by atoms with Gasteiger partial charge >= 0.3 is 0 Å². The molecule has 0 aliphatic carbocycles. The normalized spacial score (nSPS) is 12.9. The Balaban J connectivity index is 1.73. The van der Waals surface area contributed by atoms with Gasteiger partial charge in [-0.1, -0.05) is 42.5 Å². The van der Waals surface area contributed by atoms with E-state index >= 15 is 0 Å². The highest BCUT2D eigenvalue weighted by molar-refractivity contribution is 5.93. The Kier molecular flexibility index (Phi) is 8.01. The molecule has 0 aromatic heterocycles. The predicted octanol–water partition coefficient (Wildman–Crippen LogP) is 1.20. The zero-order valence-corrected chi connectivity index (χ0v) is 16.4. The van der Waals surface area contributed by atoms with E-state index in [0.717, 1.165) is 29.8 Å². The van der Waals surface area contributed by atoms with Crippen molar-refractivity contribution in [2.45, 2.75) is 32.4 Å². The Labute approximate surface area is 161 Å². The molecule has 2 aromatic rings. The summed E-state index contributed by atoms with van der Waals surface area (Å²) in [5, 5.41) is 5.70. The Morgan fingerprint density at radius 2 is 1.67 bits per heavy atom. The topological polar surface area (TPSA) is 62.6 Å². The SMILES string of the molecule is CNC(=O)c1ccc(C[NH+](C)CC(=O)N[C@H](C)CCc2ccccc2)cc1. The maximum Gasteiger partial charge on any atom is 0.275 e. The van der Waals surface area contributed by atoms with Crippen molar-refractivity contribution in [1.29, 1.82) is 0 Å². The minimum atomic E-state index is -0.0916. The van der Waals surface area contributed by atoms with E-state index in [0.29, 0.717) is 12.1 Å². The third-order valence-electron chi connectivity index (χ3n) is 4.53. The van der Waals surface area contributed by atoms with E-state index in [2.05, 4.69) is 22.8 Å². The molecule has 3 N–H and O–H groups in total. The van der Waals surface area contributed by atoms with E-state index in [1.54, 1.807) is 7.05 Å². The second kappa shape index (κ2) is 10.5. The molecule has 0 radical (unpaired) electrons. The third-order valence-corrected chi connectivity index (χ3v) is 4.53. The number of benzene rings is 2. The van der Waals surface area contributed by atoms with Crippen LogP contribution in [-0.4, -0.2) is 38.5 Å². The number of nitrogens with one attached hydrogen (secondary N) is 3. The van der Waals surface area contributed by atoms with Crippen LogP contribution in [-0.2, 0) is 17.8 Å². The van der Waals surface area contributed by atoms with Gasteiger partial charge in [0.05, 0.1) is 7.05 Å². The zero-order chi connectivity index (χ0) is 19.6. The van der Waals surface area contributed by atoms with Crippen molar-refractivity contribution >= 4 is 11.8 Å². The minimum absolute atomic E-state index is 0.0649. The number of carbonyl (C=O) groups is 2. The second-order valence-electron chi connectivity index (χ2n) is 7.08. The van der Waals surface area contributed by atoms with Crippen LogP contribution in [0.2, 0.25) is 0 Å². The first kappa shape index (κ1) is 20.6. The molecule has 0 aliphatic rings. The minimum Gasteiger partial charge on any atom is -0.355 e. The number of quaternary nitrogens is 1. The van der Waals surface area contributed by atoms with Gasteiger partial charge in [0, 0.05) is 24.2 Å². The van der Waals surface area contributed by atoms with Crippen molar-refractivity contribution < 1.29 is 14.5 Å². The molecule has 144 valence electrons. The van der Waals surface area contributed by atoms with Crippen LogP contribution in [0.5, 0.6) is 0 Å². The lowest BCUT2D eigenvalue weighted by Crippen LogP contribution is -3.09. The summed E-state index contributed by atoms with van der Waals surface area (Å²) in [7, 11) is 3.62. The summed E-state index contributed by atoms with van der Waals surface area (Å²) in [4.78, 5) is 24.9. The molecule has 0 spiro atoms. The molecule has 0 heterocycles. The quantitative estimate of drug-likeness (QED) is 0.623. The van der Waals surface area contributed by atoms with E-state index in [9.17, 15) is 9.59 Å². The molecule has 0 fully saturated rings. The first-order valence-corrected chi connectivity index (χ1v) is 9.43. The van der Waals surface area contributed by atoms with Gasteiger partial charge < -0.3 is 15.5 Å². The van der Waals surface area contributed by atoms with Crippen LogP contribution in [0.4, 0.5) is 0 Å². The van der Waals surface area contributed by atoms with Crippen molar-refractivity contribution in [3.8, 4) is 0 Å². The van der Waals surface area contributed by atoms with Gasteiger partial charge in [0.2, 0.25) is 0 Å². The van der Waals surface area contributed by atoms with Crippen molar-refractivity contribution in [3.63, 3.8) is 0 Å². The molecule has 5 heteroatoms. The van der Waals surface area contributed by atoms with Crippen molar-refractivity contribution in [2.75, 3.05) is 20.6 Å². The molecule has 1 unspecified atom stereocenters. The number of hydrogen-bond donors (Lipinski definition) is 3. The molecule has 27 heavy (non-hydrogen) atoms. The highest BCUT2D eigenvalue weighted by atomic mass is 16.2. The highest BCUT2D eigenvalue weighted by Crippen LogP contribution is 2.05. The summed E-state index contributed by atoms with van der Waals surface area (Å²) in [6, 6.07) is 18.0. The van der Waals surface area contributed by atoms with Gasteiger partial charge in [0.1, 0.15) is 6.54 Å². The Hall–Kier alpha value is -2.66. The van der Waals surface area contributed by atoms with Crippen LogP contribution in [0.3, 0.4) is 0 Å². The summed E-state index contributed by atoms with van der Waals surface area (Å²) in [6.45, 7) is 3.21. The van der Waals surface area contributed by atoms with E-state index in [1.165, 1.54) is 5.56 Å².